The van der Waals surface area contributed by atoms with Crippen molar-refractivity contribution in [3.8, 4) is 16.3 Å². The highest BCUT2D eigenvalue weighted by Gasteiger charge is 2.30. The van der Waals surface area contributed by atoms with E-state index in [2.05, 4.69) is 4.98 Å². The lowest BCUT2D eigenvalue weighted by Gasteiger charge is -2.06. The summed E-state index contributed by atoms with van der Waals surface area (Å²) < 4.78 is 43.3. The summed E-state index contributed by atoms with van der Waals surface area (Å²) in [6.07, 6.45) is -4.34. The lowest BCUT2D eigenvalue weighted by Crippen LogP contribution is -2.03. The molecule has 0 aliphatic heterocycles. The molecule has 0 fully saturated rings. The lowest BCUT2D eigenvalue weighted by molar-refractivity contribution is -0.137. The van der Waals surface area contributed by atoms with Crippen LogP contribution in [0.5, 0.6) is 5.75 Å². The normalized spacial score (nSPS) is 11.5. The largest absolute Gasteiger partial charge is 0.487 e. The number of halogens is 3. The molecule has 0 aliphatic carbocycles. The second-order valence-corrected chi connectivity index (χ2v) is 5.94. The third kappa shape index (κ3) is 3.86. The quantitative estimate of drug-likeness (QED) is 0.674. The van der Waals surface area contributed by atoms with Gasteiger partial charge in [0.25, 0.3) is 0 Å². The number of rotatable bonds is 4. The van der Waals surface area contributed by atoms with Crippen LogP contribution in [0.15, 0.2) is 53.9 Å². The van der Waals surface area contributed by atoms with Crippen LogP contribution in [0.2, 0.25) is 0 Å². The minimum absolute atomic E-state index is 0.264. The molecule has 0 radical (unpaired) electrons. The van der Waals surface area contributed by atoms with Gasteiger partial charge in [0.2, 0.25) is 0 Å². The van der Waals surface area contributed by atoms with Gasteiger partial charge in [-0.3, -0.25) is 0 Å². The number of anilines is 1. The van der Waals surface area contributed by atoms with Crippen molar-refractivity contribution in [2.24, 2.45) is 0 Å². The Morgan fingerprint density at radius 2 is 1.83 bits per heavy atom. The third-order valence-electron chi connectivity index (χ3n) is 3.26. The predicted molar refractivity (Wildman–Crippen MR) is 87.7 cm³/mol. The fourth-order valence-electron chi connectivity index (χ4n) is 2.07. The minimum Gasteiger partial charge on any atom is -0.487 e. The van der Waals surface area contributed by atoms with Crippen LogP contribution >= 0.6 is 11.3 Å². The van der Waals surface area contributed by atoms with Crippen molar-refractivity contribution < 1.29 is 17.9 Å². The van der Waals surface area contributed by atoms with Crippen molar-refractivity contribution in [3.05, 3.63) is 65.2 Å². The van der Waals surface area contributed by atoms with Crippen molar-refractivity contribution in [2.45, 2.75) is 12.8 Å². The van der Waals surface area contributed by atoms with E-state index in [9.17, 15) is 13.2 Å². The van der Waals surface area contributed by atoms with Crippen molar-refractivity contribution in [2.75, 3.05) is 5.73 Å². The van der Waals surface area contributed by atoms with Gasteiger partial charge in [0.05, 0.1) is 11.3 Å². The van der Waals surface area contributed by atoms with Gasteiger partial charge in [0.15, 0.2) is 0 Å². The van der Waals surface area contributed by atoms with Crippen LogP contribution in [0.1, 0.15) is 11.3 Å². The molecular weight excluding hydrogens is 337 g/mol. The number of hydrogen-bond acceptors (Lipinski definition) is 4. The molecule has 24 heavy (non-hydrogen) atoms. The number of hydrogen-bond donors (Lipinski definition) is 1. The van der Waals surface area contributed by atoms with E-state index in [0.717, 1.165) is 12.1 Å². The smallest absolute Gasteiger partial charge is 0.416 e. The van der Waals surface area contributed by atoms with Gasteiger partial charge < -0.3 is 10.5 Å². The number of ether oxygens (including phenoxy) is 1. The number of nitrogens with two attached hydrogens (primary N) is 1. The van der Waals surface area contributed by atoms with Gasteiger partial charge in [-0.25, -0.2) is 4.98 Å². The summed E-state index contributed by atoms with van der Waals surface area (Å²) in [5.74, 6) is 0.638. The van der Waals surface area contributed by atoms with Crippen LogP contribution in [-0.4, -0.2) is 4.98 Å². The Labute approximate surface area is 140 Å². The summed E-state index contributed by atoms with van der Waals surface area (Å²) in [6.45, 7) is 0.264. The van der Waals surface area contributed by atoms with E-state index in [0.29, 0.717) is 27.7 Å². The van der Waals surface area contributed by atoms with Crippen LogP contribution < -0.4 is 10.5 Å². The van der Waals surface area contributed by atoms with Gasteiger partial charge in [0.1, 0.15) is 17.4 Å². The van der Waals surface area contributed by atoms with Crippen LogP contribution in [0.25, 0.3) is 10.6 Å². The molecule has 0 atom stereocenters. The van der Waals surface area contributed by atoms with E-state index >= 15 is 0 Å². The first-order chi connectivity index (χ1) is 11.4. The lowest BCUT2D eigenvalue weighted by atomic mass is 10.1. The van der Waals surface area contributed by atoms with E-state index in [-0.39, 0.29) is 6.61 Å². The van der Waals surface area contributed by atoms with E-state index in [1.807, 2.05) is 5.38 Å². The van der Waals surface area contributed by atoms with Gasteiger partial charge in [-0.1, -0.05) is 18.2 Å². The molecule has 0 saturated carbocycles. The third-order valence-corrected chi connectivity index (χ3v) is 4.20. The molecule has 124 valence electrons. The Morgan fingerprint density at radius 3 is 2.50 bits per heavy atom. The van der Waals surface area contributed by atoms with E-state index in [4.69, 9.17) is 10.5 Å². The second kappa shape index (κ2) is 6.52. The zero-order valence-corrected chi connectivity index (χ0v) is 13.2. The average molecular weight is 350 g/mol. The molecule has 3 nitrogen and oxygen atoms in total. The molecule has 0 unspecified atom stereocenters. The molecule has 1 aromatic heterocycles. The molecule has 0 saturated heterocycles. The van der Waals surface area contributed by atoms with Crippen LogP contribution in [0.4, 0.5) is 18.9 Å². The molecule has 1 heterocycles. The average Bonchev–Trinajstić information content (AvgIpc) is 3.01. The molecule has 0 amide bonds. The van der Waals surface area contributed by atoms with E-state index in [1.165, 1.54) is 23.5 Å². The summed E-state index contributed by atoms with van der Waals surface area (Å²) in [5, 5.41) is 2.47. The summed E-state index contributed by atoms with van der Waals surface area (Å²) in [5.41, 5.74) is 6.96. The van der Waals surface area contributed by atoms with Crippen LogP contribution in [0.3, 0.4) is 0 Å². The van der Waals surface area contributed by atoms with Gasteiger partial charge in [-0.05, 0) is 24.3 Å². The van der Waals surface area contributed by atoms with Gasteiger partial charge in [-0.15, -0.1) is 11.3 Å². The van der Waals surface area contributed by atoms with Gasteiger partial charge in [-0.2, -0.15) is 13.2 Å². The van der Waals surface area contributed by atoms with Gasteiger partial charge >= 0.3 is 6.18 Å². The monoisotopic (exact) mass is 350 g/mol. The highest BCUT2D eigenvalue weighted by atomic mass is 32.1. The summed E-state index contributed by atoms with van der Waals surface area (Å²) in [4.78, 5) is 4.39. The number of nitrogens with zero attached hydrogens (tertiary/aromatic N) is 1. The molecular formula is C17H13F3N2OS. The molecule has 0 bridgehead atoms. The fourth-order valence-corrected chi connectivity index (χ4v) is 2.88. The predicted octanol–water partition coefficient (Wildman–Crippen LogP) is 4.99. The van der Waals surface area contributed by atoms with Crippen molar-refractivity contribution in [1.82, 2.24) is 4.98 Å². The van der Waals surface area contributed by atoms with Crippen molar-refractivity contribution in [3.63, 3.8) is 0 Å². The summed E-state index contributed by atoms with van der Waals surface area (Å²) in [7, 11) is 0. The number of benzene rings is 2. The van der Waals surface area contributed by atoms with Gasteiger partial charge in [0, 0.05) is 22.7 Å². The maximum atomic E-state index is 12.6. The number of nitrogen functional groups attached to an aromatic ring is 1. The first-order valence-corrected chi connectivity index (χ1v) is 7.90. The number of aromatic nitrogens is 1. The first kappa shape index (κ1) is 16.3. The standard InChI is InChI=1S/C17H13F3N2OS/c18-17(19,20)12-6-4-11(5-7-12)16-22-14(10-24-16)9-23-15-3-1-2-13(21)8-15/h1-8,10H,9,21H2. The Bertz CT molecular complexity index is 828. The first-order valence-electron chi connectivity index (χ1n) is 7.02. The highest BCUT2D eigenvalue weighted by Crippen LogP contribution is 2.31. The molecule has 2 aromatic carbocycles. The Hall–Kier alpha value is -2.54. The highest BCUT2D eigenvalue weighted by molar-refractivity contribution is 7.13. The topological polar surface area (TPSA) is 48.1 Å². The second-order valence-electron chi connectivity index (χ2n) is 5.08. The maximum Gasteiger partial charge on any atom is 0.416 e. The van der Waals surface area contributed by atoms with E-state index in [1.54, 1.807) is 24.3 Å². The SMILES string of the molecule is Nc1cccc(OCc2csc(-c3ccc(C(F)(F)F)cc3)n2)c1. The zero-order valence-electron chi connectivity index (χ0n) is 12.4. The molecule has 7 heteroatoms. The molecule has 2 N–H and O–H groups in total. The fraction of sp³-hybridized carbons (Fsp3) is 0.118. The Kier molecular flexibility index (Phi) is 4.44. The molecule has 0 spiro atoms. The molecule has 3 rings (SSSR count). The number of alkyl halides is 3. The van der Waals surface area contributed by atoms with Crippen molar-refractivity contribution in [1.29, 1.82) is 0 Å². The Balaban J connectivity index is 1.69. The maximum absolute atomic E-state index is 12.6. The number of thiazole rings is 1. The van der Waals surface area contributed by atoms with Crippen LogP contribution in [0, 0.1) is 0 Å². The zero-order chi connectivity index (χ0) is 17.2. The summed E-state index contributed by atoms with van der Waals surface area (Å²) >= 11 is 1.36. The van der Waals surface area contributed by atoms with E-state index < -0.39 is 11.7 Å². The summed E-state index contributed by atoms with van der Waals surface area (Å²) in [6, 6.07) is 12.0. The minimum atomic E-state index is -4.34. The van der Waals surface area contributed by atoms with Crippen molar-refractivity contribution >= 4 is 17.0 Å². The Morgan fingerprint density at radius 1 is 1.08 bits per heavy atom. The molecule has 3 aromatic rings. The molecule has 0 aliphatic rings. The van der Waals surface area contributed by atoms with Crippen LogP contribution in [-0.2, 0) is 12.8 Å².